The Kier molecular flexibility index (Phi) is 5.64. The zero-order valence-electron chi connectivity index (χ0n) is 12.4. The molecule has 0 saturated heterocycles. The van der Waals surface area contributed by atoms with Crippen LogP contribution in [-0.2, 0) is 11.2 Å². The quantitative estimate of drug-likeness (QED) is 0.829. The predicted molar refractivity (Wildman–Crippen MR) is 87.3 cm³/mol. The maximum atomic E-state index is 12.0. The van der Waals surface area contributed by atoms with E-state index in [1.165, 1.54) is 36.8 Å². The summed E-state index contributed by atoms with van der Waals surface area (Å²) in [6.07, 6.45) is 5.41. The van der Waals surface area contributed by atoms with Crippen LogP contribution in [0.25, 0.3) is 0 Å². The van der Waals surface area contributed by atoms with Crippen LogP contribution in [0.3, 0.4) is 0 Å². The molecule has 1 N–H and O–H groups in total. The number of benzene rings is 1. The molecule has 2 rings (SSSR count). The van der Waals surface area contributed by atoms with Gasteiger partial charge in [-0.2, -0.15) is 0 Å². The zero-order chi connectivity index (χ0) is 14.5. The fourth-order valence-corrected chi connectivity index (χ4v) is 3.27. The molecule has 110 valence electrons. The third-order valence-electron chi connectivity index (χ3n) is 4.30. The van der Waals surface area contributed by atoms with Gasteiger partial charge >= 0.3 is 0 Å². The lowest BCUT2D eigenvalue weighted by Gasteiger charge is -2.25. The monoisotopic (exact) mass is 337 g/mol. The highest BCUT2D eigenvalue weighted by atomic mass is 79.9. The molecule has 1 aromatic carbocycles. The van der Waals surface area contributed by atoms with E-state index in [1.54, 1.807) is 0 Å². The summed E-state index contributed by atoms with van der Waals surface area (Å²) in [7, 11) is 0. The van der Waals surface area contributed by atoms with Crippen molar-refractivity contribution in [3.63, 3.8) is 0 Å². The molecule has 2 nitrogen and oxygen atoms in total. The Morgan fingerprint density at radius 3 is 2.55 bits per heavy atom. The van der Waals surface area contributed by atoms with Crippen LogP contribution < -0.4 is 5.32 Å². The van der Waals surface area contributed by atoms with Gasteiger partial charge in [-0.25, -0.2) is 0 Å². The molecule has 0 radical (unpaired) electrons. The Bertz CT molecular complexity index is 464. The number of nitrogens with one attached hydrogen (secondary N) is 1. The smallest absolute Gasteiger partial charge is 0.224 e. The second-order valence-corrected chi connectivity index (χ2v) is 7.31. The second kappa shape index (κ2) is 7.26. The van der Waals surface area contributed by atoms with Crippen LogP contribution in [0, 0.1) is 19.8 Å². The number of aryl methyl sites for hydroxylation is 2. The summed E-state index contributed by atoms with van der Waals surface area (Å²) in [6.45, 7) is 5.03. The molecule has 0 bridgehead atoms. The van der Waals surface area contributed by atoms with Gasteiger partial charge in [0.1, 0.15) is 0 Å². The Labute approximate surface area is 130 Å². The average molecular weight is 338 g/mol. The van der Waals surface area contributed by atoms with Gasteiger partial charge in [-0.05, 0) is 62.1 Å². The zero-order valence-corrected chi connectivity index (χ0v) is 14.0. The first-order valence-electron chi connectivity index (χ1n) is 7.51. The number of halogens is 1. The maximum Gasteiger partial charge on any atom is 0.224 e. The lowest BCUT2D eigenvalue weighted by atomic mass is 9.89. The number of hydrogen-bond acceptors (Lipinski definition) is 1. The van der Waals surface area contributed by atoms with E-state index in [4.69, 9.17) is 0 Å². The topological polar surface area (TPSA) is 29.1 Å². The van der Waals surface area contributed by atoms with E-state index in [0.717, 1.165) is 12.1 Å². The molecule has 1 amide bonds. The summed E-state index contributed by atoms with van der Waals surface area (Å²) < 4.78 is 0. The number of carbonyl (C=O) groups excluding carboxylic acids is 1. The summed E-state index contributed by atoms with van der Waals surface area (Å²) in [5.74, 6) is 0.807. The molecule has 3 heteroatoms. The van der Waals surface area contributed by atoms with Crippen molar-refractivity contribution in [3.8, 4) is 0 Å². The van der Waals surface area contributed by atoms with Crippen LogP contribution in [0.4, 0.5) is 0 Å². The Morgan fingerprint density at radius 2 is 1.90 bits per heavy atom. The molecule has 0 unspecified atom stereocenters. The van der Waals surface area contributed by atoms with Gasteiger partial charge < -0.3 is 5.32 Å². The van der Waals surface area contributed by atoms with Crippen LogP contribution in [0.5, 0.6) is 0 Å². The van der Waals surface area contributed by atoms with Crippen molar-refractivity contribution < 1.29 is 4.79 Å². The summed E-state index contributed by atoms with van der Waals surface area (Å²) in [5.41, 5.74) is 3.64. The first-order chi connectivity index (χ1) is 9.54. The fraction of sp³-hybridized carbons (Fsp3) is 0.588. The van der Waals surface area contributed by atoms with Crippen molar-refractivity contribution in [1.29, 1.82) is 0 Å². The minimum atomic E-state index is 0.147. The Morgan fingerprint density at radius 1 is 1.20 bits per heavy atom. The van der Waals surface area contributed by atoms with Crippen molar-refractivity contribution in [2.75, 3.05) is 6.54 Å². The van der Waals surface area contributed by atoms with E-state index in [2.05, 4.69) is 53.3 Å². The highest BCUT2D eigenvalue weighted by Gasteiger charge is 2.19. The molecular formula is C17H24BrNO. The summed E-state index contributed by atoms with van der Waals surface area (Å²) in [5, 5.41) is 3.10. The third-order valence-corrected chi connectivity index (χ3v) is 5.22. The van der Waals surface area contributed by atoms with Gasteiger partial charge in [-0.3, -0.25) is 4.79 Å². The molecule has 1 saturated carbocycles. The molecule has 1 aromatic rings. The highest BCUT2D eigenvalue weighted by Crippen LogP contribution is 2.28. The average Bonchev–Trinajstić information content (AvgIpc) is 2.42. The second-order valence-electron chi connectivity index (χ2n) is 6.02. The molecule has 0 atom stereocenters. The minimum Gasteiger partial charge on any atom is -0.356 e. The van der Waals surface area contributed by atoms with Crippen molar-refractivity contribution in [3.05, 3.63) is 34.9 Å². The van der Waals surface area contributed by atoms with Crippen molar-refractivity contribution >= 4 is 21.8 Å². The van der Waals surface area contributed by atoms with Crippen molar-refractivity contribution in [2.24, 2.45) is 5.92 Å². The van der Waals surface area contributed by atoms with Crippen molar-refractivity contribution in [1.82, 2.24) is 5.32 Å². The van der Waals surface area contributed by atoms with Gasteiger partial charge in [-0.1, -0.05) is 34.1 Å². The first kappa shape index (κ1) is 15.6. The fourth-order valence-electron chi connectivity index (χ4n) is 2.75. The first-order valence-corrected chi connectivity index (χ1v) is 8.43. The van der Waals surface area contributed by atoms with Gasteiger partial charge in [0, 0.05) is 11.4 Å². The molecule has 1 fully saturated rings. The number of alkyl halides is 1. The number of carbonyl (C=O) groups is 1. The third kappa shape index (κ3) is 4.62. The molecule has 0 spiro atoms. The maximum absolute atomic E-state index is 12.0. The highest BCUT2D eigenvalue weighted by molar-refractivity contribution is 9.09. The molecular weight excluding hydrogens is 314 g/mol. The van der Waals surface area contributed by atoms with Gasteiger partial charge in [0.05, 0.1) is 6.42 Å². The number of hydrogen-bond donors (Lipinski definition) is 1. The lowest BCUT2D eigenvalue weighted by Crippen LogP contribution is -2.32. The van der Waals surface area contributed by atoms with E-state index >= 15 is 0 Å². The van der Waals surface area contributed by atoms with E-state index < -0.39 is 0 Å². The largest absolute Gasteiger partial charge is 0.356 e. The number of amides is 1. The van der Waals surface area contributed by atoms with E-state index in [-0.39, 0.29) is 5.91 Å². The lowest BCUT2D eigenvalue weighted by molar-refractivity contribution is -0.120. The van der Waals surface area contributed by atoms with Crippen LogP contribution in [-0.4, -0.2) is 17.3 Å². The molecule has 0 aromatic heterocycles. The minimum absolute atomic E-state index is 0.147. The predicted octanol–water partition coefficient (Wildman–Crippen LogP) is 3.92. The van der Waals surface area contributed by atoms with Gasteiger partial charge in [0.2, 0.25) is 5.91 Å². The summed E-state index contributed by atoms with van der Waals surface area (Å²) in [6, 6.07) is 6.26. The summed E-state index contributed by atoms with van der Waals surface area (Å²) >= 11 is 3.67. The van der Waals surface area contributed by atoms with Crippen LogP contribution in [0.1, 0.15) is 42.4 Å². The molecule has 0 heterocycles. The summed E-state index contributed by atoms with van der Waals surface area (Å²) in [4.78, 5) is 12.7. The van der Waals surface area contributed by atoms with E-state index in [1.807, 2.05) is 0 Å². The Hall–Kier alpha value is -0.830. The van der Waals surface area contributed by atoms with Gasteiger partial charge in [0.15, 0.2) is 0 Å². The molecule has 1 aliphatic carbocycles. The van der Waals surface area contributed by atoms with Crippen molar-refractivity contribution in [2.45, 2.75) is 50.8 Å². The van der Waals surface area contributed by atoms with Crippen LogP contribution in [0.2, 0.25) is 0 Å². The van der Waals surface area contributed by atoms with E-state index in [9.17, 15) is 4.79 Å². The Balaban J connectivity index is 1.76. The standard InChI is InChI=1S/C17H24BrNO/c1-12-3-4-15(9-13(12)2)10-17(20)19-11-14-5-7-16(18)8-6-14/h3-4,9,14,16H,5-8,10-11H2,1-2H3,(H,19,20). The molecule has 1 aliphatic rings. The normalized spacial score (nSPS) is 22.6. The number of rotatable bonds is 4. The van der Waals surface area contributed by atoms with Crippen LogP contribution in [0.15, 0.2) is 18.2 Å². The van der Waals surface area contributed by atoms with Gasteiger partial charge in [-0.15, -0.1) is 0 Å². The van der Waals surface area contributed by atoms with Gasteiger partial charge in [0.25, 0.3) is 0 Å². The van der Waals surface area contributed by atoms with Crippen LogP contribution >= 0.6 is 15.9 Å². The molecule has 20 heavy (non-hydrogen) atoms. The SMILES string of the molecule is Cc1ccc(CC(=O)NCC2CCC(Br)CC2)cc1C. The van der Waals surface area contributed by atoms with E-state index in [0.29, 0.717) is 17.2 Å². The molecule has 0 aliphatic heterocycles.